The summed E-state index contributed by atoms with van der Waals surface area (Å²) in [5.41, 5.74) is 1.19. The minimum Gasteiger partial charge on any atom is -0.494 e. The van der Waals surface area contributed by atoms with Gasteiger partial charge in [-0.1, -0.05) is 12.1 Å². The van der Waals surface area contributed by atoms with Gasteiger partial charge in [-0.2, -0.15) is 4.31 Å². The summed E-state index contributed by atoms with van der Waals surface area (Å²) in [7, 11) is -3.59. The first-order valence-corrected chi connectivity index (χ1v) is 11.9. The second kappa shape index (κ2) is 9.28. The van der Waals surface area contributed by atoms with E-state index in [0.717, 1.165) is 24.2 Å². The van der Waals surface area contributed by atoms with E-state index in [2.05, 4.69) is 21.2 Å². The molecule has 0 bridgehead atoms. The Kier molecular flexibility index (Phi) is 6.97. The third-order valence-corrected chi connectivity index (χ3v) is 7.49. The van der Waals surface area contributed by atoms with Crippen molar-refractivity contribution in [2.45, 2.75) is 37.6 Å². The Bertz CT molecular complexity index is 988. The van der Waals surface area contributed by atoms with Gasteiger partial charge in [0.05, 0.1) is 23.1 Å². The van der Waals surface area contributed by atoms with Crippen LogP contribution in [0, 0.1) is 0 Å². The van der Waals surface area contributed by atoms with E-state index in [9.17, 15) is 13.2 Å². The number of amides is 1. The molecular weight excluding hydrogens is 456 g/mol. The third-order valence-electron chi connectivity index (χ3n) is 4.90. The van der Waals surface area contributed by atoms with Crippen molar-refractivity contribution >= 4 is 31.9 Å². The molecule has 1 N–H and O–H groups in total. The van der Waals surface area contributed by atoms with E-state index in [4.69, 9.17) is 4.74 Å². The Hall–Kier alpha value is -1.90. The average molecular weight is 481 g/mol. The molecule has 0 aliphatic carbocycles. The van der Waals surface area contributed by atoms with Gasteiger partial charge in [-0.05, 0) is 78.5 Å². The number of carbonyl (C=O) groups is 1. The number of ether oxygens (including phenoxy) is 1. The maximum absolute atomic E-state index is 12.9. The summed E-state index contributed by atoms with van der Waals surface area (Å²) in [6.07, 6.45) is 1.73. The topological polar surface area (TPSA) is 75.7 Å². The molecule has 1 fully saturated rings. The molecule has 1 amide bonds. The van der Waals surface area contributed by atoms with Crippen LogP contribution in [-0.4, -0.2) is 38.3 Å². The minimum absolute atomic E-state index is 0.138. The fraction of sp³-hybridized carbons (Fsp3) is 0.381. The zero-order valence-electron chi connectivity index (χ0n) is 16.5. The van der Waals surface area contributed by atoms with Crippen LogP contribution in [0.15, 0.2) is 51.8 Å². The molecule has 1 aliphatic rings. The van der Waals surface area contributed by atoms with E-state index in [1.807, 2.05) is 38.1 Å². The zero-order chi connectivity index (χ0) is 21.0. The molecule has 0 spiro atoms. The molecule has 2 aromatic rings. The molecule has 8 heteroatoms. The smallest absolute Gasteiger partial charge is 0.252 e. The van der Waals surface area contributed by atoms with Gasteiger partial charge in [0, 0.05) is 17.6 Å². The van der Waals surface area contributed by atoms with Crippen molar-refractivity contribution in [2.75, 3.05) is 19.7 Å². The largest absolute Gasteiger partial charge is 0.494 e. The number of rotatable bonds is 7. The van der Waals surface area contributed by atoms with E-state index in [-0.39, 0.29) is 22.4 Å². The Labute approximate surface area is 180 Å². The normalized spacial score (nSPS) is 15.8. The predicted octanol–water partition coefficient (Wildman–Crippen LogP) is 4.12. The van der Waals surface area contributed by atoms with Crippen LogP contribution >= 0.6 is 15.9 Å². The summed E-state index contributed by atoms with van der Waals surface area (Å²) in [6, 6.07) is 11.9. The quantitative estimate of drug-likeness (QED) is 0.646. The standard InChI is InChI=1S/C21H25BrN2O4S/c1-3-28-17-8-6-7-16(13-17)15(2)23-21(25)19-14-18(9-10-20(19)22)29(26,27)24-11-4-5-12-24/h6-10,13-15H,3-5,11-12H2,1-2H3,(H,23,25). The van der Waals surface area contributed by atoms with Crippen LogP contribution in [0.2, 0.25) is 0 Å². The van der Waals surface area contributed by atoms with Crippen LogP contribution in [0.5, 0.6) is 5.75 Å². The van der Waals surface area contributed by atoms with Crippen molar-refractivity contribution in [1.29, 1.82) is 0 Å². The number of hydrogen-bond donors (Lipinski definition) is 1. The lowest BCUT2D eigenvalue weighted by atomic mass is 10.1. The average Bonchev–Trinajstić information content (AvgIpc) is 3.24. The summed E-state index contributed by atoms with van der Waals surface area (Å²) >= 11 is 3.37. The highest BCUT2D eigenvalue weighted by Gasteiger charge is 2.28. The molecule has 1 heterocycles. The summed E-state index contributed by atoms with van der Waals surface area (Å²) in [4.78, 5) is 13.0. The van der Waals surface area contributed by atoms with Gasteiger partial charge in [-0.15, -0.1) is 0 Å². The molecule has 1 aliphatic heterocycles. The van der Waals surface area contributed by atoms with Gasteiger partial charge in [-0.3, -0.25) is 4.79 Å². The van der Waals surface area contributed by atoms with Crippen molar-refractivity contribution in [3.63, 3.8) is 0 Å². The monoisotopic (exact) mass is 480 g/mol. The van der Waals surface area contributed by atoms with Gasteiger partial charge in [0.25, 0.3) is 5.91 Å². The summed E-state index contributed by atoms with van der Waals surface area (Å²) in [5.74, 6) is 0.399. The lowest BCUT2D eigenvalue weighted by Gasteiger charge is -2.18. The van der Waals surface area contributed by atoms with Gasteiger partial charge in [-0.25, -0.2) is 8.42 Å². The lowest BCUT2D eigenvalue weighted by molar-refractivity contribution is 0.0938. The number of benzene rings is 2. The molecule has 29 heavy (non-hydrogen) atoms. The molecule has 0 saturated carbocycles. The summed E-state index contributed by atoms with van der Waals surface area (Å²) < 4.78 is 33.2. The highest BCUT2D eigenvalue weighted by molar-refractivity contribution is 9.10. The van der Waals surface area contributed by atoms with Crippen LogP contribution in [0.25, 0.3) is 0 Å². The van der Waals surface area contributed by atoms with Crippen LogP contribution < -0.4 is 10.1 Å². The van der Waals surface area contributed by atoms with Crippen molar-refractivity contribution in [2.24, 2.45) is 0 Å². The molecule has 6 nitrogen and oxygen atoms in total. The van der Waals surface area contributed by atoms with Crippen LogP contribution in [0.1, 0.15) is 48.7 Å². The highest BCUT2D eigenvalue weighted by atomic mass is 79.9. The van der Waals surface area contributed by atoms with Gasteiger partial charge in [0.2, 0.25) is 10.0 Å². The number of halogens is 1. The van der Waals surface area contributed by atoms with Gasteiger partial charge in [0.15, 0.2) is 0 Å². The predicted molar refractivity (Wildman–Crippen MR) is 116 cm³/mol. The van der Waals surface area contributed by atoms with E-state index >= 15 is 0 Å². The first kappa shape index (κ1) is 21.8. The van der Waals surface area contributed by atoms with Crippen molar-refractivity contribution in [3.8, 4) is 5.75 Å². The first-order valence-electron chi connectivity index (χ1n) is 9.66. The Morgan fingerprint density at radius 1 is 1.21 bits per heavy atom. The van der Waals surface area contributed by atoms with Gasteiger partial charge < -0.3 is 10.1 Å². The van der Waals surface area contributed by atoms with E-state index < -0.39 is 10.0 Å². The molecule has 1 atom stereocenters. The lowest BCUT2D eigenvalue weighted by Crippen LogP contribution is -2.29. The molecule has 156 valence electrons. The fourth-order valence-electron chi connectivity index (χ4n) is 3.31. The van der Waals surface area contributed by atoms with E-state index in [1.54, 1.807) is 6.07 Å². The van der Waals surface area contributed by atoms with Crippen molar-refractivity contribution < 1.29 is 17.9 Å². The number of sulfonamides is 1. The molecule has 2 aromatic carbocycles. The Balaban J connectivity index is 1.81. The first-order chi connectivity index (χ1) is 13.8. The second-order valence-electron chi connectivity index (χ2n) is 6.95. The molecule has 3 rings (SSSR count). The van der Waals surface area contributed by atoms with Crippen LogP contribution in [0.4, 0.5) is 0 Å². The summed E-state index contributed by atoms with van der Waals surface area (Å²) in [6.45, 7) is 5.40. The maximum atomic E-state index is 12.9. The van der Waals surface area contributed by atoms with Crippen molar-refractivity contribution in [1.82, 2.24) is 9.62 Å². The van der Waals surface area contributed by atoms with Gasteiger partial charge >= 0.3 is 0 Å². The highest BCUT2D eigenvalue weighted by Crippen LogP contribution is 2.26. The maximum Gasteiger partial charge on any atom is 0.252 e. The molecule has 1 saturated heterocycles. The Morgan fingerprint density at radius 2 is 1.93 bits per heavy atom. The number of nitrogens with zero attached hydrogens (tertiary/aromatic N) is 1. The van der Waals surface area contributed by atoms with Crippen molar-refractivity contribution in [3.05, 3.63) is 58.1 Å². The molecule has 0 aromatic heterocycles. The fourth-order valence-corrected chi connectivity index (χ4v) is 5.28. The van der Waals surface area contributed by atoms with E-state index in [0.29, 0.717) is 24.2 Å². The number of nitrogens with one attached hydrogen (secondary N) is 1. The minimum atomic E-state index is -3.59. The SMILES string of the molecule is CCOc1cccc(C(C)NC(=O)c2cc(S(=O)(=O)N3CCCC3)ccc2Br)c1. The number of hydrogen-bond acceptors (Lipinski definition) is 4. The third kappa shape index (κ3) is 4.99. The molecule has 0 radical (unpaired) electrons. The van der Waals surface area contributed by atoms with Gasteiger partial charge in [0.1, 0.15) is 5.75 Å². The zero-order valence-corrected chi connectivity index (χ0v) is 18.9. The Morgan fingerprint density at radius 3 is 2.62 bits per heavy atom. The molecule has 1 unspecified atom stereocenters. The van der Waals surface area contributed by atoms with E-state index in [1.165, 1.54) is 16.4 Å². The summed E-state index contributed by atoms with van der Waals surface area (Å²) in [5, 5.41) is 2.94. The van der Waals surface area contributed by atoms with Crippen LogP contribution in [0.3, 0.4) is 0 Å². The van der Waals surface area contributed by atoms with Crippen LogP contribution in [-0.2, 0) is 10.0 Å². The number of carbonyl (C=O) groups excluding carboxylic acids is 1. The second-order valence-corrected chi connectivity index (χ2v) is 9.75. The molecular formula is C21H25BrN2O4S.